The van der Waals surface area contributed by atoms with Crippen LogP contribution in [0.25, 0.3) is 0 Å². The van der Waals surface area contributed by atoms with Gasteiger partial charge in [-0.1, -0.05) is 18.2 Å². The van der Waals surface area contributed by atoms with E-state index in [1.165, 1.54) is 4.31 Å². The summed E-state index contributed by atoms with van der Waals surface area (Å²) in [5, 5.41) is 0. The highest BCUT2D eigenvalue weighted by Crippen LogP contribution is 2.48. The van der Waals surface area contributed by atoms with Crippen molar-refractivity contribution in [1.82, 2.24) is 4.31 Å². The van der Waals surface area contributed by atoms with Crippen LogP contribution in [0, 0.1) is 0 Å². The number of nitrogens with zero attached hydrogens (tertiary/aromatic N) is 2. The first-order valence-electron chi connectivity index (χ1n) is 8.34. The molecule has 6 nitrogen and oxygen atoms in total. The van der Waals surface area contributed by atoms with Gasteiger partial charge in [0.05, 0.1) is 17.8 Å². The summed E-state index contributed by atoms with van der Waals surface area (Å²) >= 11 is 0. The number of rotatable bonds is 5. The molecule has 1 aromatic carbocycles. The molecule has 0 atom stereocenters. The van der Waals surface area contributed by atoms with Gasteiger partial charge in [-0.3, -0.25) is 4.79 Å². The first-order chi connectivity index (χ1) is 11.5. The number of para-hydroxylation sites is 1. The van der Waals surface area contributed by atoms with E-state index < -0.39 is 15.4 Å². The van der Waals surface area contributed by atoms with Crippen molar-refractivity contribution in [1.29, 1.82) is 0 Å². The smallest absolute Gasteiger partial charge is 0.237 e. The predicted octanol–water partition coefficient (Wildman–Crippen LogP) is 1.36. The molecule has 7 heteroatoms. The molecular formula is C17H24N2O4S. The molecule has 0 unspecified atom stereocenters. The Morgan fingerprint density at radius 2 is 1.88 bits per heavy atom. The number of benzene rings is 1. The maximum atomic E-state index is 13.2. The first-order valence-corrected chi connectivity index (χ1v) is 9.95. The Morgan fingerprint density at radius 1 is 1.21 bits per heavy atom. The van der Waals surface area contributed by atoms with Gasteiger partial charge in [0.2, 0.25) is 15.9 Å². The summed E-state index contributed by atoms with van der Waals surface area (Å²) < 4.78 is 30.9. The normalized spacial score (nSPS) is 20.6. The molecule has 1 amide bonds. The highest BCUT2D eigenvalue weighted by Gasteiger charge is 2.52. The van der Waals surface area contributed by atoms with E-state index in [1.54, 1.807) is 18.9 Å². The van der Waals surface area contributed by atoms with Gasteiger partial charge in [0.15, 0.2) is 0 Å². The van der Waals surface area contributed by atoms with Crippen molar-refractivity contribution >= 4 is 21.6 Å². The molecular weight excluding hydrogens is 328 g/mol. The lowest BCUT2D eigenvalue weighted by atomic mass is 9.74. The van der Waals surface area contributed by atoms with Gasteiger partial charge in [0.1, 0.15) is 0 Å². The van der Waals surface area contributed by atoms with Crippen LogP contribution in [0.3, 0.4) is 0 Å². The maximum absolute atomic E-state index is 13.2. The molecule has 0 bridgehead atoms. The number of ether oxygens (including phenoxy) is 1. The van der Waals surface area contributed by atoms with E-state index in [0.717, 1.165) is 11.3 Å². The highest BCUT2D eigenvalue weighted by atomic mass is 32.2. The standard InChI is InChI=1S/C17H24N2O4S/c1-3-24(21,22)18-10-8-17(9-11-18)14-6-4-5-7-15(14)19(16(17)20)12-13-23-2/h4-7H,3,8-13H2,1-2H3. The maximum Gasteiger partial charge on any atom is 0.237 e. The lowest BCUT2D eigenvalue weighted by Gasteiger charge is -2.37. The van der Waals surface area contributed by atoms with Gasteiger partial charge in [-0.15, -0.1) is 0 Å². The minimum Gasteiger partial charge on any atom is -0.383 e. The van der Waals surface area contributed by atoms with E-state index in [9.17, 15) is 13.2 Å². The van der Waals surface area contributed by atoms with Crippen LogP contribution in [-0.2, 0) is 25.0 Å². The first kappa shape index (κ1) is 17.4. The topological polar surface area (TPSA) is 66.9 Å². The van der Waals surface area contributed by atoms with Gasteiger partial charge in [-0.2, -0.15) is 0 Å². The summed E-state index contributed by atoms with van der Waals surface area (Å²) in [4.78, 5) is 15.0. The molecule has 1 saturated heterocycles. The zero-order valence-corrected chi connectivity index (χ0v) is 15.0. The number of fused-ring (bicyclic) bond motifs is 2. The molecule has 1 fully saturated rings. The molecule has 2 heterocycles. The van der Waals surface area contributed by atoms with E-state index in [-0.39, 0.29) is 11.7 Å². The number of carbonyl (C=O) groups is 1. The Balaban J connectivity index is 1.90. The zero-order valence-electron chi connectivity index (χ0n) is 14.2. The van der Waals surface area contributed by atoms with E-state index in [1.807, 2.05) is 24.3 Å². The van der Waals surface area contributed by atoms with Gasteiger partial charge < -0.3 is 9.64 Å². The SMILES string of the molecule is CCS(=O)(=O)N1CCC2(CC1)C(=O)N(CCOC)c1ccccc12. The summed E-state index contributed by atoms with van der Waals surface area (Å²) in [6.45, 7) is 3.45. The van der Waals surface area contributed by atoms with Crippen LogP contribution in [0.15, 0.2) is 24.3 Å². The third kappa shape index (κ3) is 2.64. The van der Waals surface area contributed by atoms with Crippen molar-refractivity contribution in [3.05, 3.63) is 29.8 Å². The summed E-state index contributed by atoms with van der Waals surface area (Å²) in [5.41, 5.74) is 1.37. The van der Waals surface area contributed by atoms with Gasteiger partial charge >= 0.3 is 0 Å². The highest BCUT2D eigenvalue weighted by molar-refractivity contribution is 7.89. The van der Waals surface area contributed by atoms with Crippen molar-refractivity contribution in [2.75, 3.05) is 44.0 Å². The number of hydrogen-bond acceptors (Lipinski definition) is 4. The fraction of sp³-hybridized carbons (Fsp3) is 0.588. The van der Waals surface area contributed by atoms with Crippen LogP contribution in [0.2, 0.25) is 0 Å². The zero-order chi connectivity index (χ0) is 17.4. The largest absolute Gasteiger partial charge is 0.383 e. The Labute approximate surface area is 143 Å². The summed E-state index contributed by atoms with van der Waals surface area (Å²) in [6, 6.07) is 7.85. The van der Waals surface area contributed by atoms with E-state index in [0.29, 0.717) is 39.1 Å². The van der Waals surface area contributed by atoms with Gasteiger partial charge in [0, 0.05) is 32.4 Å². The van der Waals surface area contributed by atoms with E-state index >= 15 is 0 Å². The fourth-order valence-electron chi connectivity index (χ4n) is 3.81. The average molecular weight is 352 g/mol. The molecule has 0 aromatic heterocycles. The summed E-state index contributed by atoms with van der Waals surface area (Å²) in [6.07, 6.45) is 1.07. The second-order valence-electron chi connectivity index (χ2n) is 6.35. The summed E-state index contributed by atoms with van der Waals surface area (Å²) in [7, 11) is -1.58. The second-order valence-corrected chi connectivity index (χ2v) is 8.61. The van der Waals surface area contributed by atoms with Crippen molar-refractivity contribution in [3.8, 4) is 0 Å². The second kappa shape index (κ2) is 6.46. The van der Waals surface area contributed by atoms with Crippen molar-refractivity contribution < 1.29 is 17.9 Å². The Kier molecular flexibility index (Phi) is 4.68. The van der Waals surface area contributed by atoms with Crippen LogP contribution in [0.5, 0.6) is 0 Å². The van der Waals surface area contributed by atoms with Crippen LogP contribution in [-0.4, -0.2) is 57.7 Å². The van der Waals surface area contributed by atoms with Gasteiger partial charge in [-0.05, 0) is 31.4 Å². The van der Waals surface area contributed by atoms with Crippen LogP contribution in [0.1, 0.15) is 25.3 Å². The minimum atomic E-state index is -3.20. The third-order valence-corrected chi connectivity index (χ3v) is 7.10. The number of piperidine rings is 1. The molecule has 1 spiro atoms. The van der Waals surface area contributed by atoms with E-state index in [4.69, 9.17) is 4.74 Å². The molecule has 2 aliphatic heterocycles. The van der Waals surface area contributed by atoms with Crippen molar-refractivity contribution in [2.24, 2.45) is 0 Å². The Bertz CT molecular complexity index is 724. The quantitative estimate of drug-likeness (QED) is 0.803. The number of amides is 1. The van der Waals surface area contributed by atoms with Crippen LogP contribution in [0.4, 0.5) is 5.69 Å². The van der Waals surface area contributed by atoms with Crippen LogP contribution < -0.4 is 4.90 Å². The Morgan fingerprint density at radius 3 is 2.50 bits per heavy atom. The molecule has 1 aromatic rings. The lowest BCUT2D eigenvalue weighted by Crippen LogP contribution is -2.50. The van der Waals surface area contributed by atoms with Crippen LogP contribution >= 0.6 is 0 Å². The molecule has 24 heavy (non-hydrogen) atoms. The van der Waals surface area contributed by atoms with Gasteiger partial charge in [-0.25, -0.2) is 12.7 Å². The van der Waals surface area contributed by atoms with Crippen molar-refractivity contribution in [3.63, 3.8) is 0 Å². The Hall–Kier alpha value is -1.44. The minimum absolute atomic E-state index is 0.0781. The molecule has 132 valence electrons. The summed E-state index contributed by atoms with van der Waals surface area (Å²) in [5.74, 6) is 0.180. The third-order valence-electron chi connectivity index (χ3n) is 5.22. The molecule has 3 rings (SSSR count). The molecule has 0 N–H and O–H groups in total. The average Bonchev–Trinajstić information content (AvgIpc) is 2.83. The molecule has 2 aliphatic rings. The fourth-order valence-corrected chi connectivity index (χ4v) is 4.92. The number of sulfonamides is 1. The molecule has 0 radical (unpaired) electrons. The number of methoxy groups -OCH3 is 1. The molecule has 0 saturated carbocycles. The number of anilines is 1. The molecule has 0 aliphatic carbocycles. The number of hydrogen-bond donors (Lipinski definition) is 0. The van der Waals surface area contributed by atoms with Crippen molar-refractivity contribution in [2.45, 2.75) is 25.2 Å². The monoisotopic (exact) mass is 352 g/mol. The lowest BCUT2D eigenvalue weighted by molar-refractivity contribution is -0.124. The van der Waals surface area contributed by atoms with E-state index in [2.05, 4.69) is 0 Å². The predicted molar refractivity (Wildman–Crippen MR) is 92.6 cm³/mol. The number of carbonyl (C=O) groups excluding carboxylic acids is 1. The van der Waals surface area contributed by atoms with Gasteiger partial charge in [0.25, 0.3) is 0 Å².